The number of esters is 1. The molecule has 0 radical (unpaired) electrons. The van der Waals surface area contributed by atoms with E-state index in [1.807, 2.05) is 13.8 Å². The van der Waals surface area contributed by atoms with E-state index >= 15 is 0 Å². The molecule has 0 spiro atoms. The Bertz CT molecular complexity index is 362. The highest BCUT2D eigenvalue weighted by Crippen LogP contribution is 2.13. The Balaban J connectivity index is 3.03. The van der Waals surface area contributed by atoms with Gasteiger partial charge in [0.25, 0.3) is 0 Å². The first kappa shape index (κ1) is 12.6. The number of aromatic nitrogens is 3. The average molecular weight is 227 g/mol. The van der Waals surface area contributed by atoms with Crippen LogP contribution in [0, 0.1) is 0 Å². The Kier molecular flexibility index (Phi) is 4.42. The summed E-state index contributed by atoms with van der Waals surface area (Å²) in [6, 6.07) is 0.0471. The van der Waals surface area contributed by atoms with Crippen molar-refractivity contribution in [1.82, 2.24) is 15.0 Å². The maximum atomic E-state index is 11.4. The molecule has 0 aliphatic carbocycles. The fourth-order valence-electron chi connectivity index (χ4n) is 1.56. The molecule has 0 aliphatic heterocycles. The molecular formula is C10H17N3O3. The van der Waals surface area contributed by atoms with Crippen LogP contribution in [0.5, 0.6) is 0 Å². The molecule has 1 heterocycles. The van der Waals surface area contributed by atoms with Gasteiger partial charge in [-0.1, -0.05) is 12.1 Å². The molecule has 0 bridgehead atoms. The number of ether oxygens (including phenoxy) is 2. The molecule has 0 N–H and O–H groups in total. The first-order valence-corrected chi connectivity index (χ1v) is 5.17. The van der Waals surface area contributed by atoms with E-state index in [0.717, 1.165) is 5.69 Å². The predicted molar refractivity (Wildman–Crippen MR) is 57.3 cm³/mol. The van der Waals surface area contributed by atoms with Gasteiger partial charge in [0.1, 0.15) is 0 Å². The van der Waals surface area contributed by atoms with Gasteiger partial charge < -0.3 is 9.47 Å². The molecule has 0 fully saturated rings. The van der Waals surface area contributed by atoms with Crippen molar-refractivity contribution in [3.8, 4) is 0 Å². The zero-order chi connectivity index (χ0) is 12.1. The van der Waals surface area contributed by atoms with Crippen LogP contribution in [0.2, 0.25) is 0 Å². The molecule has 1 unspecified atom stereocenters. The normalized spacial score (nSPS) is 12.5. The third kappa shape index (κ3) is 2.38. The molecule has 1 rings (SSSR count). The van der Waals surface area contributed by atoms with Crippen molar-refractivity contribution in [3.63, 3.8) is 0 Å². The van der Waals surface area contributed by atoms with Gasteiger partial charge in [-0.2, -0.15) is 0 Å². The Hall–Kier alpha value is -1.43. The van der Waals surface area contributed by atoms with Crippen LogP contribution in [-0.2, 0) is 15.9 Å². The smallest absolute Gasteiger partial charge is 0.360 e. The highest BCUT2D eigenvalue weighted by atomic mass is 16.5. The first-order valence-electron chi connectivity index (χ1n) is 5.17. The molecule has 90 valence electrons. The minimum Gasteiger partial charge on any atom is -0.464 e. The molecular weight excluding hydrogens is 210 g/mol. The van der Waals surface area contributed by atoms with Gasteiger partial charge in [-0.3, -0.25) is 0 Å². The molecule has 1 atom stereocenters. The van der Waals surface area contributed by atoms with Gasteiger partial charge in [-0.15, -0.1) is 5.10 Å². The van der Waals surface area contributed by atoms with Crippen LogP contribution in [0.15, 0.2) is 0 Å². The highest BCUT2D eigenvalue weighted by Gasteiger charge is 2.21. The summed E-state index contributed by atoms with van der Waals surface area (Å²) in [5.74, 6) is -0.451. The average Bonchev–Trinajstić information content (AvgIpc) is 2.71. The molecule has 6 heteroatoms. The fourth-order valence-corrected chi connectivity index (χ4v) is 1.56. The standard InChI is InChI=1S/C10H17N3O3/c1-5-8-9(10(14)16-4)11-12-13(8)7(2)6-15-3/h7H,5-6H2,1-4H3. The van der Waals surface area contributed by atoms with Crippen LogP contribution in [0.4, 0.5) is 0 Å². The lowest BCUT2D eigenvalue weighted by molar-refractivity contribution is 0.0592. The maximum absolute atomic E-state index is 11.4. The van der Waals surface area contributed by atoms with Crippen molar-refractivity contribution in [2.45, 2.75) is 26.3 Å². The Labute approximate surface area is 94.5 Å². The van der Waals surface area contributed by atoms with Crippen LogP contribution >= 0.6 is 0 Å². The lowest BCUT2D eigenvalue weighted by atomic mass is 10.2. The van der Waals surface area contributed by atoms with Gasteiger partial charge in [0.05, 0.1) is 25.5 Å². The molecule has 1 aromatic heterocycles. The Morgan fingerprint density at radius 3 is 2.69 bits per heavy atom. The van der Waals surface area contributed by atoms with Crippen molar-refractivity contribution in [2.75, 3.05) is 20.8 Å². The van der Waals surface area contributed by atoms with Gasteiger partial charge in [0.15, 0.2) is 5.69 Å². The van der Waals surface area contributed by atoms with Gasteiger partial charge in [-0.05, 0) is 13.3 Å². The minimum atomic E-state index is -0.451. The number of nitrogens with zero attached hydrogens (tertiary/aromatic N) is 3. The SMILES string of the molecule is CCc1c(C(=O)OC)nnn1C(C)COC. The number of methoxy groups -OCH3 is 2. The monoisotopic (exact) mass is 227 g/mol. The quantitative estimate of drug-likeness (QED) is 0.697. The topological polar surface area (TPSA) is 66.2 Å². The second-order valence-electron chi connectivity index (χ2n) is 3.48. The third-order valence-electron chi connectivity index (χ3n) is 2.33. The zero-order valence-corrected chi connectivity index (χ0v) is 10.1. The van der Waals surface area contributed by atoms with E-state index in [9.17, 15) is 4.79 Å². The molecule has 0 amide bonds. The number of hydrogen-bond acceptors (Lipinski definition) is 5. The van der Waals surface area contributed by atoms with Crippen molar-refractivity contribution in [2.24, 2.45) is 0 Å². The number of carbonyl (C=O) groups excluding carboxylic acids is 1. The molecule has 1 aromatic rings. The van der Waals surface area contributed by atoms with Gasteiger partial charge in [0.2, 0.25) is 0 Å². The van der Waals surface area contributed by atoms with Crippen molar-refractivity contribution in [1.29, 1.82) is 0 Å². The number of carbonyl (C=O) groups is 1. The summed E-state index contributed by atoms with van der Waals surface area (Å²) in [5, 5.41) is 7.80. The van der Waals surface area contributed by atoms with Gasteiger partial charge in [-0.25, -0.2) is 9.48 Å². The summed E-state index contributed by atoms with van der Waals surface area (Å²) in [6.45, 7) is 4.43. The Morgan fingerprint density at radius 1 is 1.50 bits per heavy atom. The minimum absolute atomic E-state index is 0.0471. The maximum Gasteiger partial charge on any atom is 0.360 e. The van der Waals surface area contributed by atoms with Crippen LogP contribution in [0.1, 0.15) is 36.1 Å². The summed E-state index contributed by atoms with van der Waals surface area (Å²) < 4.78 is 11.4. The summed E-state index contributed by atoms with van der Waals surface area (Å²) in [7, 11) is 2.96. The van der Waals surface area contributed by atoms with Crippen LogP contribution in [-0.4, -0.2) is 41.8 Å². The highest BCUT2D eigenvalue weighted by molar-refractivity contribution is 5.88. The molecule has 0 aliphatic rings. The predicted octanol–water partition coefficient (Wildman–Crippen LogP) is 0.835. The fraction of sp³-hybridized carbons (Fsp3) is 0.700. The first-order chi connectivity index (χ1) is 7.65. The van der Waals surface area contributed by atoms with E-state index in [4.69, 9.17) is 4.74 Å². The molecule has 0 saturated heterocycles. The molecule has 6 nitrogen and oxygen atoms in total. The van der Waals surface area contributed by atoms with Crippen molar-refractivity contribution in [3.05, 3.63) is 11.4 Å². The molecule has 0 aromatic carbocycles. The van der Waals surface area contributed by atoms with E-state index in [2.05, 4.69) is 15.0 Å². The van der Waals surface area contributed by atoms with E-state index in [-0.39, 0.29) is 11.7 Å². The van der Waals surface area contributed by atoms with E-state index in [1.165, 1.54) is 7.11 Å². The van der Waals surface area contributed by atoms with Crippen molar-refractivity contribution < 1.29 is 14.3 Å². The zero-order valence-electron chi connectivity index (χ0n) is 10.1. The number of hydrogen-bond donors (Lipinski definition) is 0. The number of rotatable bonds is 5. The lowest BCUT2D eigenvalue weighted by Gasteiger charge is -2.12. The Morgan fingerprint density at radius 2 is 2.19 bits per heavy atom. The van der Waals surface area contributed by atoms with Crippen molar-refractivity contribution >= 4 is 5.97 Å². The van der Waals surface area contributed by atoms with E-state index in [0.29, 0.717) is 13.0 Å². The van der Waals surface area contributed by atoms with E-state index < -0.39 is 5.97 Å². The van der Waals surface area contributed by atoms with Crippen LogP contribution in [0.25, 0.3) is 0 Å². The second kappa shape index (κ2) is 5.60. The summed E-state index contributed by atoms with van der Waals surface area (Å²) >= 11 is 0. The van der Waals surface area contributed by atoms with Gasteiger partial charge in [0, 0.05) is 7.11 Å². The summed E-state index contributed by atoms with van der Waals surface area (Å²) in [6.07, 6.45) is 0.672. The summed E-state index contributed by atoms with van der Waals surface area (Å²) in [5.41, 5.74) is 1.06. The summed E-state index contributed by atoms with van der Waals surface area (Å²) in [4.78, 5) is 11.4. The second-order valence-corrected chi connectivity index (χ2v) is 3.48. The van der Waals surface area contributed by atoms with Gasteiger partial charge >= 0.3 is 5.97 Å². The molecule has 0 saturated carbocycles. The lowest BCUT2D eigenvalue weighted by Crippen LogP contribution is -2.16. The van der Waals surface area contributed by atoms with Crippen LogP contribution < -0.4 is 0 Å². The molecule has 16 heavy (non-hydrogen) atoms. The largest absolute Gasteiger partial charge is 0.464 e. The third-order valence-corrected chi connectivity index (χ3v) is 2.33. The van der Waals surface area contributed by atoms with Crippen LogP contribution in [0.3, 0.4) is 0 Å². The van der Waals surface area contributed by atoms with E-state index in [1.54, 1.807) is 11.8 Å².